The number of benzene rings is 1. The monoisotopic (exact) mass is 315 g/mol. The van der Waals surface area contributed by atoms with Gasteiger partial charge in [0.2, 0.25) is 0 Å². The van der Waals surface area contributed by atoms with Crippen molar-refractivity contribution >= 4 is 11.6 Å². The molecule has 3 rings (SSSR count). The minimum absolute atomic E-state index is 0.201. The minimum Gasteiger partial charge on any atom is -0.312 e. The lowest BCUT2D eigenvalue weighted by Crippen LogP contribution is -2.26. The molecule has 7 heteroatoms. The van der Waals surface area contributed by atoms with Crippen LogP contribution in [0.3, 0.4) is 0 Å². The summed E-state index contributed by atoms with van der Waals surface area (Å²) >= 11 is 6.08. The van der Waals surface area contributed by atoms with Crippen molar-refractivity contribution in [3.05, 3.63) is 51.8 Å². The van der Waals surface area contributed by atoms with E-state index in [1.165, 1.54) is 4.68 Å². The summed E-state index contributed by atoms with van der Waals surface area (Å²) in [5, 5.41) is 7.29. The third-order valence-corrected chi connectivity index (χ3v) is 3.92. The molecule has 0 unspecified atom stereocenters. The van der Waals surface area contributed by atoms with Gasteiger partial charge in [0.25, 0.3) is 0 Å². The van der Waals surface area contributed by atoms with Crippen molar-refractivity contribution in [1.82, 2.24) is 15.1 Å². The number of hydrogen-bond donors (Lipinski definition) is 1. The van der Waals surface area contributed by atoms with Crippen LogP contribution in [-0.4, -0.2) is 16.3 Å². The van der Waals surface area contributed by atoms with E-state index in [1.807, 2.05) is 6.07 Å². The lowest BCUT2D eigenvalue weighted by molar-refractivity contribution is -0.142. The van der Waals surface area contributed by atoms with E-state index in [1.54, 1.807) is 18.2 Å². The Hall–Kier alpha value is -1.53. The molecule has 0 fully saturated rings. The van der Waals surface area contributed by atoms with Gasteiger partial charge in [0.15, 0.2) is 5.69 Å². The number of nitrogens with zero attached hydrogens (tertiary/aromatic N) is 2. The zero-order valence-electron chi connectivity index (χ0n) is 11.0. The highest BCUT2D eigenvalue weighted by Gasteiger charge is 2.39. The van der Waals surface area contributed by atoms with Gasteiger partial charge >= 0.3 is 6.18 Å². The van der Waals surface area contributed by atoms with Gasteiger partial charge in [-0.2, -0.15) is 18.3 Å². The molecule has 112 valence electrons. The molecule has 1 aliphatic heterocycles. The Bertz CT molecular complexity index is 664. The smallest absolute Gasteiger partial charge is 0.312 e. The molecule has 1 aliphatic rings. The molecule has 0 amide bonds. The number of alkyl halides is 3. The Kier molecular flexibility index (Phi) is 3.67. The maximum absolute atomic E-state index is 13.1. The highest BCUT2D eigenvalue weighted by molar-refractivity contribution is 6.31. The summed E-state index contributed by atoms with van der Waals surface area (Å²) in [7, 11) is 0. The molecule has 0 bridgehead atoms. The fraction of sp³-hybridized carbons (Fsp3) is 0.357. The number of fused-ring (bicyclic) bond motifs is 1. The first kappa shape index (κ1) is 14.4. The Morgan fingerprint density at radius 3 is 2.76 bits per heavy atom. The fourth-order valence-electron chi connectivity index (χ4n) is 2.57. The van der Waals surface area contributed by atoms with Crippen LogP contribution in [0.5, 0.6) is 0 Å². The predicted octanol–water partition coefficient (Wildman–Crippen LogP) is 3.25. The summed E-state index contributed by atoms with van der Waals surface area (Å²) in [6.45, 7) is 1.10. The number of halogens is 4. The minimum atomic E-state index is -4.44. The first-order valence-corrected chi connectivity index (χ1v) is 6.94. The SMILES string of the molecule is FC(F)(F)c1nn(Cc2ccccc2Cl)c2c1CNCC2. The van der Waals surface area contributed by atoms with Crippen molar-refractivity contribution in [3.8, 4) is 0 Å². The summed E-state index contributed by atoms with van der Waals surface area (Å²) in [4.78, 5) is 0. The largest absolute Gasteiger partial charge is 0.435 e. The maximum atomic E-state index is 13.1. The molecule has 2 aromatic rings. The van der Waals surface area contributed by atoms with Gasteiger partial charge in [0, 0.05) is 35.8 Å². The second-order valence-electron chi connectivity index (χ2n) is 4.95. The molecule has 0 radical (unpaired) electrons. The van der Waals surface area contributed by atoms with Crippen LogP contribution in [0.25, 0.3) is 0 Å². The molecule has 0 saturated carbocycles. The molecule has 1 aromatic heterocycles. The van der Waals surface area contributed by atoms with E-state index in [9.17, 15) is 13.2 Å². The Labute approximate surface area is 124 Å². The van der Waals surface area contributed by atoms with Gasteiger partial charge in [0.1, 0.15) is 0 Å². The van der Waals surface area contributed by atoms with E-state index < -0.39 is 11.9 Å². The summed E-state index contributed by atoms with van der Waals surface area (Å²) in [6.07, 6.45) is -3.91. The number of hydrogen-bond acceptors (Lipinski definition) is 2. The van der Waals surface area contributed by atoms with Gasteiger partial charge in [-0.1, -0.05) is 29.8 Å². The number of nitrogens with one attached hydrogen (secondary N) is 1. The Morgan fingerprint density at radius 2 is 2.05 bits per heavy atom. The topological polar surface area (TPSA) is 29.9 Å². The van der Waals surface area contributed by atoms with Gasteiger partial charge in [-0.3, -0.25) is 4.68 Å². The van der Waals surface area contributed by atoms with Crippen molar-refractivity contribution < 1.29 is 13.2 Å². The summed E-state index contributed by atoms with van der Waals surface area (Å²) in [5.41, 5.74) is 0.857. The van der Waals surface area contributed by atoms with E-state index in [0.29, 0.717) is 23.7 Å². The molecular weight excluding hydrogens is 303 g/mol. The first-order valence-electron chi connectivity index (χ1n) is 6.56. The van der Waals surface area contributed by atoms with E-state index >= 15 is 0 Å². The lowest BCUT2D eigenvalue weighted by atomic mass is 10.1. The predicted molar refractivity (Wildman–Crippen MR) is 73.2 cm³/mol. The molecule has 0 atom stereocenters. The Morgan fingerprint density at radius 1 is 1.29 bits per heavy atom. The summed E-state index contributed by atoms with van der Waals surface area (Å²) in [6, 6.07) is 7.11. The van der Waals surface area contributed by atoms with Crippen molar-refractivity contribution in [2.24, 2.45) is 0 Å². The van der Waals surface area contributed by atoms with E-state index in [0.717, 1.165) is 5.56 Å². The van der Waals surface area contributed by atoms with Crippen molar-refractivity contribution in [2.45, 2.75) is 25.7 Å². The van der Waals surface area contributed by atoms with Crippen LogP contribution >= 0.6 is 11.6 Å². The van der Waals surface area contributed by atoms with E-state index in [2.05, 4.69) is 10.4 Å². The lowest BCUT2D eigenvalue weighted by Gasteiger charge is -2.16. The maximum Gasteiger partial charge on any atom is 0.435 e. The van der Waals surface area contributed by atoms with Crippen LogP contribution in [-0.2, 0) is 25.7 Å². The van der Waals surface area contributed by atoms with Gasteiger partial charge in [-0.05, 0) is 11.6 Å². The fourth-order valence-corrected chi connectivity index (χ4v) is 2.76. The zero-order valence-corrected chi connectivity index (χ0v) is 11.8. The van der Waals surface area contributed by atoms with Crippen molar-refractivity contribution in [3.63, 3.8) is 0 Å². The van der Waals surface area contributed by atoms with Gasteiger partial charge < -0.3 is 5.32 Å². The molecule has 2 heterocycles. The molecule has 1 N–H and O–H groups in total. The standard InChI is InChI=1S/C14H13ClF3N3/c15-11-4-2-1-3-9(11)8-21-12-5-6-19-7-10(12)13(20-21)14(16,17)18/h1-4,19H,5-8H2. The second-order valence-corrected chi connectivity index (χ2v) is 5.35. The normalized spacial score (nSPS) is 15.0. The van der Waals surface area contributed by atoms with E-state index in [-0.39, 0.29) is 18.7 Å². The molecular formula is C14H13ClF3N3. The number of rotatable bonds is 2. The second kappa shape index (κ2) is 5.35. The molecule has 1 aromatic carbocycles. The zero-order chi connectivity index (χ0) is 15.0. The average molecular weight is 316 g/mol. The van der Waals surface area contributed by atoms with Crippen LogP contribution in [0.1, 0.15) is 22.5 Å². The highest BCUT2D eigenvalue weighted by Crippen LogP contribution is 2.34. The van der Waals surface area contributed by atoms with Crippen LogP contribution < -0.4 is 5.32 Å². The molecule has 0 saturated heterocycles. The van der Waals surface area contributed by atoms with Crippen LogP contribution in [0.2, 0.25) is 5.02 Å². The van der Waals surface area contributed by atoms with E-state index in [4.69, 9.17) is 11.6 Å². The van der Waals surface area contributed by atoms with Crippen LogP contribution in [0.4, 0.5) is 13.2 Å². The first-order chi connectivity index (χ1) is 9.97. The molecule has 21 heavy (non-hydrogen) atoms. The Balaban J connectivity index is 2.03. The summed E-state index contributed by atoms with van der Waals surface area (Å²) in [5.74, 6) is 0. The third kappa shape index (κ3) is 2.78. The summed E-state index contributed by atoms with van der Waals surface area (Å²) < 4.78 is 40.7. The van der Waals surface area contributed by atoms with Gasteiger partial charge in [0.05, 0.1) is 6.54 Å². The quantitative estimate of drug-likeness (QED) is 0.922. The van der Waals surface area contributed by atoms with Crippen LogP contribution in [0, 0.1) is 0 Å². The van der Waals surface area contributed by atoms with Gasteiger partial charge in [-0.25, -0.2) is 0 Å². The average Bonchev–Trinajstić information content (AvgIpc) is 2.81. The molecule has 0 aliphatic carbocycles. The highest BCUT2D eigenvalue weighted by atomic mass is 35.5. The van der Waals surface area contributed by atoms with Crippen LogP contribution in [0.15, 0.2) is 24.3 Å². The van der Waals surface area contributed by atoms with Gasteiger partial charge in [-0.15, -0.1) is 0 Å². The van der Waals surface area contributed by atoms with Crippen molar-refractivity contribution in [1.29, 1.82) is 0 Å². The van der Waals surface area contributed by atoms with Crippen molar-refractivity contribution in [2.75, 3.05) is 6.54 Å². The third-order valence-electron chi connectivity index (χ3n) is 3.55. The number of aromatic nitrogens is 2. The molecule has 3 nitrogen and oxygen atoms in total. The molecule has 0 spiro atoms.